The number of anilines is 1. The molecule has 116 valence electrons. The molecule has 1 heterocycles. The molecule has 1 aromatic heterocycles. The summed E-state index contributed by atoms with van der Waals surface area (Å²) < 4.78 is 0. The van der Waals surface area contributed by atoms with Crippen LogP contribution in [0.1, 0.15) is 16.3 Å². The van der Waals surface area contributed by atoms with E-state index in [2.05, 4.69) is 22.4 Å². The first kappa shape index (κ1) is 15.4. The van der Waals surface area contributed by atoms with Crippen LogP contribution >= 0.6 is 11.3 Å². The molecule has 0 unspecified atom stereocenters. The van der Waals surface area contributed by atoms with Crippen molar-refractivity contribution in [2.75, 3.05) is 5.32 Å². The molecule has 0 saturated carbocycles. The van der Waals surface area contributed by atoms with Gasteiger partial charge in [0.15, 0.2) is 0 Å². The molecule has 3 aromatic rings. The molecule has 0 radical (unpaired) electrons. The lowest BCUT2D eigenvalue weighted by Crippen LogP contribution is -2.14. The number of hydrogen-bond acceptors (Lipinski definition) is 3. The van der Waals surface area contributed by atoms with Crippen molar-refractivity contribution < 1.29 is 4.79 Å². The van der Waals surface area contributed by atoms with E-state index >= 15 is 0 Å². The fraction of sp³-hybridized carbons (Fsp3) is 0.158. The first-order valence-electron chi connectivity index (χ1n) is 7.50. The zero-order chi connectivity index (χ0) is 16.2. The van der Waals surface area contributed by atoms with E-state index in [1.165, 1.54) is 0 Å². The van der Waals surface area contributed by atoms with E-state index in [1.807, 2.05) is 56.3 Å². The molecule has 2 aromatic carbocycles. The SMILES string of the molecule is Cc1ccccc1NC(=O)Cc1nc(C)c(-c2ccccc2)s1. The van der Waals surface area contributed by atoms with Crippen LogP contribution in [0.3, 0.4) is 0 Å². The van der Waals surface area contributed by atoms with Gasteiger partial charge in [0.05, 0.1) is 17.0 Å². The maximum Gasteiger partial charge on any atom is 0.231 e. The van der Waals surface area contributed by atoms with E-state index in [0.717, 1.165) is 32.4 Å². The van der Waals surface area contributed by atoms with E-state index < -0.39 is 0 Å². The predicted octanol–water partition coefficient (Wildman–Crippen LogP) is 4.61. The summed E-state index contributed by atoms with van der Waals surface area (Å²) in [5.41, 5.74) is 4.03. The number of carbonyl (C=O) groups excluding carboxylic acids is 1. The number of para-hydroxylation sites is 1. The average molecular weight is 322 g/mol. The molecule has 0 spiro atoms. The second-order valence-electron chi connectivity index (χ2n) is 5.43. The Morgan fingerprint density at radius 3 is 2.48 bits per heavy atom. The third kappa shape index (κ3) is 3.66. The number of carbonyl (C=O) groups is 1. The van der Waals surface area contributed by atoms with Gasteiger partial charge in [-0.2, -0.15) is 0 Å². The van der Waals surface area contributed by atoms with Crippen molar-refractivity contribution in [2.24, 2.45) is 0 Å². The van der Waals surface area contributed by atoms with E-state index in [1.54, 1.807) is 11.3 Å². The largest absolute Gasteiger partial charge is 0.325 e. The Labute approximate surface area is 140 Å². The third-order valence-electron chi connectivity index (χ3n) is 3.61. The quantitative estimate of drug-likeness (QED) is 0.762. The zero-order valence-electron chi connectivity index (χ0n) is 13.2. The predicted molar refractivity (Wildman–Crippen MR) is 95.8 cm³/mol. The average Bonchev–Trinajstić information content (AvgIpc) is 2.91. The summed E-state index contributed by atoms with van der Waals surface area (Å²) >= 11 is 1.58. The van der Waals surface area contributed by atoms with Gasteiger partial charge in [0.25, 0.3) is 0 Å². The molecule has 0 atom stereocenters. The fourth-order valence-electron chi connectivity index (χ4n) is 2.43. The van der Waals surface area contributed by atoms with E-state index in [-0.39, 0.29) is 5.91 Å². The summed E-state index contributed by atoms with van der Waals surface area (Å²) in [6.45, 7) is 3.97. The molecular weight excluding hydrogens is 304 g/mol. The molecule has 1 N–H and O–H groups in total. The molecule has 3 rings (SSSR count). The Bertz CT molecular complexity index is 824. The minimum absolute atomic E-state index is 0.0346. The van der Waals surface area contributed by atoms with Gasteiger partial charge in [-0.05, 0) is 31.0 Å². The van der Waals surface area contributed by atoms with Crippen molar-refractivity contribution in [2.45, 2.75) is 20.3 Å². The molecule has 3 nitrogen and oxygen atoms in total. The summed E-state index contributed by atoms with van der Waals surface area (Å²) in [6.07, 6.45) is 0.298. The summed E-state index contributed by atoms with van der Waals surface area (Å²) in [6, 6.07) is 17.9. The van der Waals surface area contributed by atoms with Crippen LogP contribution in [0.2, 0.25) is 0 Å². The first-order valence-corrected chi connectivity index (χ1v) is 8.32. The number of aryl methyl sites for hydroxylation is 2. The normalized spacial score (nSPS) is 10.5. The fourth-order valence-corrected chi connectivity index (χ4v) is 3.50. The molecule has 4 heteroatoms. The highest BCUT2D eigenvalue weighted by molar-refractivity contribution is 7.15. The van der Waals surface area contributed by atoms with E-state index in [4.69, 9.17) is 0 Å². The van der Waals surface area contributed by atoms with Crippen molar-refractivity contribution >= 4 is 22.9 Å². The number of nitrogens with zero attached hydrogens (tertiary/aromatic N) is 1. The molecule has 0 aliphatic carbocycles. The molecule has 23 heavy (non-hydrogen) atoms. The molecule has 1 amide bonds. The molecule has 0 fully saturated rings. The summed E-state index contributed by atoms with van der Waals surface area (Å²) in [4.78, 5) is 17.9. The first-order chi connectivity index (χ1) is 11.1. The summed E-state index contributed by atoms with van der Waals surface area (Å²) in [5, 5.41) is 3.80. The number of benzene rings is 2. The van der Waals surface area contributed by atoms with Gasteiger partial charge >= 0.3 is 0 Å². The van der Waals surface area contributed by atoms with Gasteiger partial charge in [-0.15, -0.1) is 11.3 Å². The van der Waals surface area contributed by atoms with Gasteiger partial charge in [-0.1, -0.05) is 48.5 Å². The number of thiazole rings is 1. The Kier molecular flexibility index (Phi) is 4.53. The van der Waals surface area contributed by atoms with Crippen LogP contribution in [-0.2, 0) is 11.2 Å². The van der Waals surface area contributed by atoms with E-state index in [0.29, 0.717) is 6.42 Å². The highest BCUT2D eigenvalue weighted by Crippen LogP contribution is 2.30. The Morgan fingerprint density at radius 2 is 1.74 bits per heavy atom. The highest BCUT2D eigenvalue weighted by atomic mass is 32.1. The van der Waals surface area contributed by atoms with Crippen molar-refractivity contribution in [1.82, 2.24) is 4.98 Å². The lowest BCUT2D eigenvalue weighted by atomic mass is 10.2. The number of rotatable bonds is 4. The second kappa shape index (κ2) is 6.75. The lowest BCUT2D eigenvalue weighted by Gasteiger charge is -2.06. The topological polar surface area (TPSA) is 42.0 Å². The van der Waals surface area contributed by atoms with Gasteiger partial charge in [0.1, 0.15) is 5.01 Å². The van der Waals surface area contributed by atoms with Crippen LogP contribution in [-0.4, -0.2) is 10.9 Å². The molecule has 0 aliphatic rings. The molecule has 0 aliphatic heterocycles. The highest BCUT2D eigenvalue weighted by Gasteiger charge is 2.13. The monoisotopic (exact) mass is 322 g/mol. The minimum atomic E-state index is -0.0346. The molecule has 0 bridgehead atoms. The zero-order valence-corrected chi connectivity index (χ0v) is 14.0. The number of hydrogen-bond donors (Lipinski definition) is 1. The van der Waals surface area contributed by atoms with Crippen molar-refractivity contribution in [1.29, 1.82) is 0 Å². The van der Waals surface area contributed by atoms with Gasteiger partial charge in [-0.3, -0.25) is 4.79 Å². The standard InChI is InChI=1S/C19H18N2OS/c1-13-8-6-7-11-16(13)21-17(22)12-18-20-14(2)19(23-18)15-9-4-3-5-10-15/h3-11H,12H2,1-2H3,(H,21,22). The number of aromatic nitrogens is 1. The second-order valence-corrected chi connectivity index (χ2v) is 6.51. The van der Waals surface area contributed by atoms with Gasteiger partial charge < -0.3 is 5.32 Å². The van der Waals surface area contributed by atoms with Crippen LogP contribution in [0.4, 0.5) is 5.69 Å². The number of nitrogens with one attached hydrogen (secondary N) is 1. The Balaban J connectivity index is 1.74. The van der Waals surface area contributed by atoms with Crippen LogP contribution in [0.25, 0.3) is 10.4 Å². The van der Waals surface area contributed by atoms with Crippen LogP contribution in [0, 0.1) is 13.8 Å². The Morgan fingerprint density at radius 1 is 1.04 bits per heavy atom. The maximum absolute atomic E-state index is 12.2. The van der Waals surface area contributed by atoms with Crippen molar-refractivity contribution in [3.63, 3.8) is 0 Å². The van der Waals surface area contributed by atoms with Crippen molar-refractivity contribution in [3.05, 3.63) is 70.9 Å². The molecule has 0 saturated heterocycles. The third-order valence-corrected chi connectivity index (χ3v) is 4.81. The summed E-state index contributed by atoms with van der Waals surface area (Å²) in [5.74, 6) is -0.0346. The lowest BCUT2D eigenvalue weighted by molar-refractivity contribution is -0.115. The van der Waals surface area contributed by atoms with Gasteiger partial charge in [0.2, 0.25) is 5.91 Å². The van der Waals surface area contributed by atoms with E-state index in [9.17, 15) is 4.79 Å². The van der Waals surface area contributed by atoms with Crippen LogP contribution < -0.4 is 5.32 Å². The summed E-state index contributed by atoms with van der Waals surface area (Å²) in [7, 11) is 0. The number of amides is 1. The Hall–Kier alpha value is -2.46. The van der Waals surface area contributed by atoms with Gasteiger partial charge in [-0.25, -0.2) is 4.98 Å². The van der Waals surface area contributed by atoms with Gasteiger partial charge in [0, 0.05) is 5.69 Å². The van der Waals surface area contributed by atoms with Crippen LogP contribution in [0.15, 0.2) is 54.6 Å². The van der Waals surface area contributed by atoms with Crippen LogP contribution in [0.5, 0.6) is 0 Å². The molecular formula is C19H18N2OS. The maximum atomic E-state index is 12.2. The smallest absolute Gasteiger partial charge is 0.231 e. The van der Waals surface area contributed by atoms with Crippen molar-refractivity contribution in [3.8, 4) is 10.4 Å². The minimum Gasteiger partial charge on any atom is -0.325 e.